The lowest BCUT2D eigenvalue weighted by atomic mass is 9.80. The average Bonchev–Trinajstić information content (AvgIpc) is 3.99. The zero-order valence-electron chi connectivity index (χ0n) is 34.7. The number of aliphatic hydroxyl groups excluding tert-OH is 1. The standard InChI is InChI=1S/C46H51ClF2N8O4/c1-26-18-30(58)23-57(26)22-28-19-34-39(50-21-28)41(54-42(52-34)40(48)49)51-33-9-5-7-31(27(33)2)32-8-4-6-29(38(32)47)20-37(59)43-53-35-24-56(16-10-36(35)55(43)3)17-15-45-11-13-46(25-45,14-12-45)44(60)61/h4-9,19,21,26,30,40,58H,10-18,20,22-25H2,1-3H3,(H,60,61)(H,51,52,54)/t26-,30-,45?,46?/m1/s1. The predicted octanol–water partition coefficient (Wildman–Crippen LogP) is 8.23. The Morgan fingerprint density at radius 2 is 1.84 bits per heavy atom. The molecule has 12 nitrogen and oxygen atoms in total. The number of carbonyl (C=O) groups is 2. The number of halogens is 3. The first-order chi connectivity index (χ1) is 29.2. The van der Waals surface area contributed by atoms with E-state index in [2.05, 4.69) is 30.1 Å². The minimum Gasteiger partial charge on any atom is -0.481 e. The zero-order valence-corrected chi connectivity index (χ0v) is 35.5. The Morgan fingerprint density at radius 1 is 1.07 bits per heavy atom. The third-order valence-corrected chi connectivity index (χ3v) is 14.6. The molecule has 0 spiro atoms. The van der Waals surface area contributed by atoms with E-state index in [9.17, 15) is 28.6 Å². The molecule has 3 aromatic heterocycles. The number of β-amino-alcohol motifs (C(OH)–C–C–N with tert-alkyl or cyclic N) is 1. The van der Waals surface area contributed by atoms with Crippen molar-refractivity contribution in [3.63, 3.8) is 0 Å². The van der Waals surface area contributed by atoms with Gasteiger partial charge in [-0.3, -0.25) is 24.4 Å². The SMILES string of the molecule is Cc1c(Nc2nc(C(F)F)nc3cc(CN4C[C@H](O)C[C@H]4C)cnc23)cccc1-c1cccc(CC(=O)c2nc3c(n2C)CCN(CCC24CCC(C(=O)O)(CC2)C4)C3)c1Cl. The van der Waals surface area contributed by atoms with Crippen LogP contribution in [-0.4, -0.2) is 88.0 Å². The number of pyridine rings is 1. The molecule has 5 aromatic rings. The lowest BCUT2D eigenvalue weighted by molar-refractivity contribution is -0.148. The van der Waals surface area contributed by atoms with Gasteiger partial charge in [-0.2, -0.15) is 0 Å². The van der Waals surface area contributed by atoms with E-state index < -0.39 is 29.7 Å². The number of carbonyl (C=O) groups excluding carboxylic acids is 1. The topological polar surface area (TPSA) is 150 Å². The number of alkyl halides is 2. The van der Waals surface area contributed by atoms with Crippen molar-refractivity contribution < 1.29 is 28.6 Å². The van der Waals surface area contributed by atoms with Crippen LogP contribution in [0.5, 0.6) is 0 Å². The number of nitrogens with zero attached hydrogens (tertiary/aromatic N) is 7. The molecular weight excluding hydrogens is 802 g/mol. The number of ketones is 1. The Kier molecular flexibility index (Phi) is 10.9. The van der Waals surface area contributed by atoms with E-state index in [4.69, 9.17) is 16.6 Å². The van der Waals surface area contributed by atoms with Crippen molar-refractivity contribution in [2.45, 2.75) is 103 Å². The van der Waals surface area contributed by atoms with Crippen LogP contribution < -0.4 is 5.32 Å². The Labute approximate surface area is 358 Å². The molecular formula is C46H51ClF2N8O4. The summed E-state index contributed by atoms with van der Waals surface area (Å²) in [4.78, 5) is 48.3. The van der Waals surface area contributed by atoms with E-state index in [0.29, 0.717) is 59.2 Å². The molecule has 2 saturated carbocycles. The lowest BCUT2D eigenvalue weighted by Gasteiger charge is -2.32. The third kappa shape index (κ3) is 7.81. The summed E-state index contributed by atoms with van der Waals surface area (Å²) in [5, 5.41) is 23.7. The highest BCUT2D eigenvalue weighted by Gasteiger charge is 2.57. The number of hydrogen-bond acceptors (Lipinski definition) is 10. The molecule has 0 unspecified atom stereocenters. The van der Waals surface area contributed by atoms with Gasteiger partial charge in [-0.25, -0.2) is 23.7 Å². The van der Waals surface area contributed by atoms with E-state index >= 15 is 0 Å². The molecule has 15 heteroatoms. The highest BCUT2D eigenvalue weighted by atomic mass is 35.5. The molecule has 3 fully saturated rings. The molecule has 61 heavy (non-hydrogen) atoms. The van der Waals surface area contributed by atoms with Crippen LogP contribution in [0.3, 0.4) is 0 Å². The van der Waals surface area contributed by atoms with Gasteiger partial charge in [0, 0.05) is 75.3 Å². The van der Waals surface area contributed by atoms with Crippen molar-refractivity contribution in [2.24, 2.45) is 17.9 Å². The molecule has 3 N–H and O–H groups in total. The van der Waals surface area contributed by atoms with Gasteiger partial charge in [-0.05, 0) is 105 Å². The van der Waals surface area contributed by atoms with Crippen LogP contribution in [0.25, 0.3) is 22.2 Å². The summed E-state index contributed by atoms with van der Waals surface area (Å²) < 4.78 is 30.2. The Morgan fingerprint density at radius 3 is 2.56 bits per heavy atom. The fourth-order valence-electron chi connectivity index (χ4n) is 10.6. The molecule has 1 saturated heterocycles. The number of Topliss-reactive ketones (excluding diaryl/α,β-unsaturated/α-hetero) is 1. The molecule has 0 radical (unpaired) electrons. The summed E-state index contributed by atoms with van der Waals surface area (Å²) in [5.74, 6) is -0.826. The second-order valence-electron chi connectivity index (χ2n) is 18.0. The maximum Gasteiger partial charge on any atom is 0.309 e. The average molecular weight is 853 g/mol. The molecule has 2 bridgehead atoms. The Bertz CT molecular complexity index is 2540. The second-order valence-corrected chi connectivity index (χ2v) is 18.4. The van der Waals surface area contributed by atoms with Crippen LogP contribution in [-0.2, 0) is 37.8 Å². The van der Waals surface area contributed by atoms with Crippen molar-refractivity contribution in [3.8, 4) is 11.1 Å². The highest BCUT2D eigenvalue weighted by molar-refractivity contribution is 6.34. The number of aliphatic carboxylic acids is 1. The van der Waals surface area contributed by atoms with E-state index in [1.54, 1.807) is 12.3 Å². The smallest absolute Gasteiger partial charge is 0.309 e. The number of likely N-dealkylation sites (tertiary alicyclic amines) is 1. The second kappa shape index (κ2) is 16.1. The van der Waals surface area contributed by atoms with E-state index in [1.165, 1.54) is 0 Å². The van der Waals surface area contributed by atoms with Gasteiger partial charge >= 0.3 is 5.97 Å². The molecule has 2 atom stereocenters. The number of nitrogens with one attached hydrogen (secondary N) is 1. The largest absolute Gasteiger partial charge is 0.481 e. The van der Waals surface area contributed by atoms with Crippen LogP contribution in [0, 0.1) is 17.8 Å². The van der Waals surface area contributed by atoms with Gasteiger partial charge in [-0.1, -0.05) is 41.9 Å². The molecule has 5 heterocycles. The van der Waals surface area contributed by atoms with Crippen molar-refractivity contribution in [3.05, 3.63) is 93.4 Å². The van der Waals surface area contributed by atoms with Crippen LogP contribution >= 0.6 is 11.6 Å². The normalized spacial score (nSPS) is 23.9. The van der Waals surface area contributed by atoms with E-state index in [1.807, 2.05) is 61.9 Å². The number of aliphatic hydroxyl groups is 1. The summed E-state index contributed by atoms with van der Waals surface area (Å²) in [6, 6.07) is 13.2. The maximum absolute atomic E-state index is 14.1. The van der Waals surface area contributed by atoms with Crippen molar-refractivity contribution in [1.82, 2.24) is 34.3 Å². The van der Waals surface area contributed by atoms with Crippen molar-refractivity contribution in [1.29, 1.82) is 0 Å². The number of benzene rings is 2. The quantitative estimate of drug-likeness (QED) is 0.0984. The number of aromatic nitrogens is 5. The summed E-state index contributed by atoms with van der Waals surface area (Å²) in [7, 11) is 1.90. The van der Waals surface area contributed by atoms with E-state index in [0.717, 1.165) is 91.7 Å². The molecule has 0 amide bonds. The molecule has 4 aliphatic rings. The van der Waals surface area contributed by atoms with Crippen LogP contribution in [0.15, 0.2) is 48.7 Å². The van der Waals surface area contributed by atoms with Gasteiger partial charge in [0.1, 0.15) is 5.52 Å². The first-order valence-electron chi connectivity index (χ1n) is 21.3. The highest BCUT2D eigenvalue weighted by Crippen LogP contribution is 2.63. The minimum absolute atomic E-state index is 0.0548. The summed E-state index contributed by atoms with van der Waals surface area (Å²) >= 11 is 7.12. The first kappa shape index (κ1) is 41.5. The molecule has 2 aromatic carbocycles. The molecule has 2 aliphatic heterocycles. The minimum atomic E-state index is -2.90. The van der Waals surface area contributed by atoms with E-state index in [-0.39, 0.29) is 29.5 Å². The first-order valence-corrected chi connectivity index (χ1v) is 21.6. The van der Waals surface area contributed by atoms with Gasteiger partial charge < -0.3 is 20.1 Å². The molecule has 320 valence electrons. The molecule has 9 rings (SSSR count). The lowest BCUT2D eigenvalue weighted by Crippen LogP contribution is -2.34. The number of carboxylic acid groups (broad SMARTS) is 1. The summed E-state index contributed by atoms with van der Waals surface area (Å²) in [6.45, 7) is 7.41. The number of rotatable bonds is 13. The Balaban J connectivity index is 0.909. The Hall–Kier alpha value is -4.89. The molecule has 2 aliphatic carbocycles. The zero-order chi connectivity index (χ0) is 42.8. The summed E-state index contributed by atoms with van der Waals surface area (Å²) in [6.07, 6.45) is 5.24. The van der Waals surface area contributed by atoms with Gasteiger partial charge in [0.15, 0.2) is 17.5 Å². The van der Waals surface area contributed by atoms with Crippen molar-refractivity contribution in [2.75, 3.05) is 25.0 Å². The third-order valence-electron chi connectivity index (χ3n) is 14.2. The fraction of sp³-hybridized carbons (Fsp3) is 0.478. The number of carboxylic acids is 1. The number of hydrogen-bond donors (Lipinski definition) is 3. The number of imidazole rings is 1. The van der Waals surface area contributed by atoms with Crippen molar-refractivity contribution >= 4 is 45.9 Å². The van der Waals surface area contributed by atoms with Crippen LogP contribution in [0.1, 0.15) is 103 Å². The number of anilines is 2. The number of fused-ring (bicyclic) bond motifs is 4. The fourth-order valence-corrected chi connectivity index (χ4v) is 10.9. The monoisotopic (exact) mass is 852 g/mol. The van der Waals surface area contributed by atoms with Gasteiger partial charge in [-0.15, -0.1) is 0 Å². The van der Waals surface area contributed by atoms with Crippen LogP contribution in [0.4, 0.5) is 20.3 Å². The van der Waals surface area contributed by atoms with Crippen LogP contribution in [0.2, 0.25) is 5.02 Å². The summed E-state index contributed by atoms with van der Waals surface area (Å²) in [5.41, 5.74) is 6.62. The van der Waals surface area contributed by atoms with Gasteiger partial charge in [0.05, 0.1) is 27.8 Å². The maximum atomic E-state index is 14.1. The predicted molar refractivity (Wildman–Crippen MR) is 228 cm³/mol. The van der Waals surface area contributed by atoms with Gasteiger partial charge in [0.2, 0.25) is 5.78 Å². The van der Waals surface area contributed by atoms with Gasteiger partial charge in [0.25, 0.3) is 6.43 Å².